The van der Waals surface area contributed by atoms with Crippen LogP contribution in [0.2, 0.25) is 0 Å². The van der Waals surface area contributed by atoms with Gasteiger partial charge in [-0.2, -0.15) is 0 Å². The highest BCUT2D eigenvalue weighted by molar-refractivity contribution is 5.94. The molecule has 2 saturated heterocycles. The minimum Gasteiger partial charge on any atom is -0.390 e. The number of nitrogens with zero attached hydrogens (tertiary/aromatic N) is 1. The molecule has 2 fully saturated rings. The van der Waals surface area contributed by atoms with Crippen LogP contribution in [-0.2, 0) is 4.74 Å². The monoisotopic (exact) mass is 367 g/mol. The second-order valence-corrected chi connectivity index (χ2v) is 7.57. The van der Waals surface area contributed by atoms with Gasteiger partial charge in [0.25, 0.3) is 5.91 Å². The van der Waals surface area contributed by atoms with E-state index in [0.717, 1.165) is 11.1 Å². The standard InChI is InChI=1S/C22H25NO4/c24-19-14-22(27-15-20(19)25)10-12-23(13-11-22)21(26)18-8-6-17(7-9-18)16-4-2-1-3-5-16/h1-9,19-20,24-25H,10-15H2/t19-,20+/m1/s1. The molecule has 0 aliphatic carbocycles. The van der Waals surface area contributed by atoms with Crippen molar-refractivity contribution in [2.75, 3.05) is 19.7 Å². The van der Waals surface area contributed by atoms with E-state index in [2.05, 4.69) is 12.1 Å². The largest absolute Gasteiger partial charge is 0.390 e. The van der Waals surface area contributed by atoms with Crippen LogP contribution in [0.3, 0.4) is 0 Å². The molecule has 1 spiro atoms. The Morgan fingerprint density at radius 3 is 2.19 bits per heavy atom. The summed E-state index contributed by atoms with van der Waals surface area (Å²) in [5.74, 6) is 0.0286. The molecule has 2 heterocycles. The highest BCUT2D eigenvalue weighted by atomic mass is 16.5. The Morgan fingerprint density at radius 2 is 1.56 bits per heavy atom. The van der Waals surface area contributed by atoms with E-state index in [1.54, 1.807) is 0 Å². The maximum Gasteiger partial charge on any atom is 0.253 e. The summed E-state index contributed by atoms with van der Waals surface area (Å²) in [5.41, 5.74) is 2.50. The summed E-state index contributed by atoms with van der Waals surface area (Å²) in [4.78, 5) is 14.7. The van der Waals surface area contributed by atoms with Crippen molar-refractivity contribution >= 4 is 5.91 Å². The van der Waals surface area contributed by atoms with Crippen molar-refractivity contribution in [3.63, 3.8) is 0 Å². The van der Waals surface area contributed by atoms with Gasteiger partial charge >= 0.3 is 0 Å². The molecule has 5 nitrogen and oxygen atoms in total. The van der Waals surface area contributed by atoms with E-state index in [9.17, 15) is 15.0 Å². The minimum absolute atomic E-state index is 0.0286. The summed E-state index contributed by atoms with van der Waals surface area (Å²) in [5, 5.41) is 19.6. The van der Waals surface area contributed by atoms with Crippen LogP contribution in [0.1, 0.15) is 29.6 Å². The van der Waals surface area contributed by atoms with E-state index in [1.165, 1.54) is 0 Å². The predicted molar refractivity (Wildman–Crippen MR) is 102 cm³/mol. The molecule has 4 rings (SSSR count). The van der Waals surface area contributed by atoms with E-state index in [4.69, 9.17) is 4.74 Å². The van der Waals surface area contributed by atoms with Crippen molar-refractivity contribution in [3.05, 3.63) is 60.2 Å². The molecule has 0 bridgehead atoms. The lowest BCUT2D eigenvalue weighted by Crippen LogP contribution is -2.55. The SMILES string of the molecule is O=C(c1ccc(-c2ccccc2)cc1)N1CCC2(CC1)C[C@@H](O)[C@@H](O)CO2. The average Bonchev–Trinajstić information content (AvgIpc) is 2.72. The number of piperidine rings is 1. The molecule has 2 aliphatic heterocycles. The minimum atomic E-state index is -0.807. The molecule has 5 heteroatoms. The highest BCUT2D eigenvalue weighted by Gasteiger charge is 2.43. The number of amides is 1. The third kappa shape index (κ3) is 3.76. The molecule has 2 aliphatic rings. The number of aliphatic hydroxyl groups excluding tert-OH is 2. The van der Waals surface area contributed by atoms with Crippen molar-refractivity contribution in [2.45, 2.75) is 37.1 Å². The Bertz CT molecular complexity index is 782. The molecule has 2 aromatic carbocycles. The molecule has 1 amide bonds. The Hall–Kier alpha value is -2.21. The zero-order valence-corrected chi connectivity index (χ0v) is 15.3. The van der Waals surface area contributed by atoms with Crippen LogP contribution in [0.15, 0.2) is 54.6 Å². The molecule has 2 N–H and O–H groups in total. The third-order valence-corrected chi connectivity index (χ3v) is 5.79. The van der Waals surface area contributed by atoms with E-state index in [0.29, 0.717) is 37.9 Å². The number of ether oxygens (including phenoxy) is 1. The van der Waals surface area contributed by atoms with E-state index in [1.807, 2.05) is 47.4 Å². The highest BCUT2D eigenvalue weighted by Crippen LogP contribution is 2.35. The summed E-state index contributed by atoms with van der Waals surface area (Å²) >= 11 is 0. The predicted octanol–water partition coefficient (Wildman–Crippen LogP) is 2.47. The van der Waals surface area contributed by atoms with Gasteiger partial charge in [0, 0.05) is 25.1 Å². The maximum atomic E-state index is 12.8. The molecular weight excluding hydrogens is 342 g/mol. The van der Waals surface area contributed by atoms with Gasteiger partial charge in [0.15, 0.2) is 0 Å². The molecule has 142 valence electrons. The lowest BCUT2D eigenvalue weighted by atomic mass is 9.82. The first-order chi connectivity index (χ1) is 13.1. The molecule has 2 atom stereocenters. The molecule has 0 saturated carbocycles. The number of carbonyl (C=O) groups excluding carboxylic acids is 1. The Morgan fingerprint density at radius 1 is 0.926 bits per heavy atom. The first-order valence-electron chi connectivity index (χ1n) is 9.51. The Balaban J connectivity index is 1.39. The fourth-order valence-electron chi connectivity index (χ4n) is 4.03. The van der Waals surface area contributed by atoms with Crippen LogP contribution in [-0.4, -0.2) is 58.5 Å². The summed E-state index contributed by atoms with van der Waals surface area (Å²) in [7, 11) is 0. The fourth-order valence-corrected chi connectivity index (χ4v) is 4.03. The van der Waals surface area contributed by atoms with Crippen molar-refractivity contribution in [1.29, 1.82) is 0 Å². The van der Waals surface area contributed by atoms with Gasteiger partial charge in [-0.3, -0.25) is 4.79 Å². The number of rotatable bonds is 2. The van der Waals surface area contributed by atoms with Crippen LogP contribution >= 0.6 is 0 Å². The van der Waals surface area contributed by atoms with Gasteiger partial charge in [0.1, 0.15) is 6.10 Å². The van der Waals surface area contributed by atoms with Crippen molar-refractivity contribution < 1.29 is 19.7 Å². The average molecular weight is 367 g/mol. The maximum absolute atomic E-state index is 12.8. The van der Waals surface area contributed by atoms with Crippen LogP contribution < -0.4 is 0 Å². The van der Waals surface area contributed by atoms with E-state index in [-0.39, 0.29) is 12.5 Å². The van der Waals surface area contributed by atoms with Gasteiger partial charge in [-0.25, -0.2) is 0 Å². The Labute approximate surface area is 159 Å². The summed E-state index contributed by atoms with van der Waals surface area (Å²) < 4.78 is 5.84. The smallest absolute Gasteiger partial charge is 0.253 e. The second kappa shape index (κ2) is 7.43. The number of hydrogen-bond acceptors (Lipinski definition) is 4. The lowest BCUT2D eigenvalue weighted by Gasteiger charge is -2.46. The van der Waals surface area contributed by atoms with Crippen LogP contribution in [0.5, 0.6) is 0 Å². The summed E-state index contributed by atoms with van der Waals surface area (Å²) in [6.07, 6.45) is 0.252. The summed E-state index contributed by atoms with van der Waals surface area (Å²) in [6, 6.07) is 17.8. The van der Waals surface area contributed by atoms with Gasteiger partial charge in [-0.05, 0) is 36.1 Å². The normalized spacial score (nSPS) is 24.7. The molecule has 0 unspecified atom stereocenters. The molecular formula is C22H25NO4. The van der Waals surface area contributed by atoms with Crippen LogP contribution in [0.4, 0.5) is 0 Å². The van der Waals surface area contributed by atoms with E-state index < -0.39 is 17.8 Å². The van der Waals surface area contributed by atoms with E-state index >= 15 is 0 Å². The molecule has 0 radical (unpaired) electrons. The van der Waals surface area contributed by atoms with Gasteiger partial charge in [0.05, 0.1) is 18.3 Å². The first kappa shape index (κ1) is 18.2. The van der Waals surface area contributed by atoms with Crippen molar-refractivity contribution in [3.8, 4) is 11.1 Å². The summed E-state index contributed by atoms with van der Waals surface area (Å²) in [6.45, 7) is 1.36. The van der Waals surface area contributed by atoms with Gasteiger partial charge in [-0.15, -0.1) is 0 Å². The number of benzene rings is 2. The topological polar surface area (TPSA) is 70.0 Å². The van der Waals surface area contributed by atoms with Crippen molar-refractivity contribution in [2.24, 2.45) is 0 Å². The Kier molecular flexibility index (Phi) is 5.00. The van der Waals surface area contributed by atoms with Crippen molar-refractivity contribution in [1.82, 2.24) is 4.90 Å². The molecule has 27 heavy (non-hydrogen) atoms. The first-order valence-corrected chi connectivity index (χ1v) is 9.51. The van der Waals surface area contributed by atoms with Gasteiger partial charge in [-0.1, -0.05) is 42.5 Å². The number of aliphatic hydroxyl groups is 2. The van der Waals surface area contributed by atoms with Gasteiger partial charge < -0.3 is 19.8 Å². The number of likely N-dealkylation sites (tertiary alicyclic amines) is 1. The lowest BCUT2D eigenvalue weighted by molar-refractivity contribution is -0.185. The fraction of sp³-hybridized carbons (Fsp3) is 0.409. The molecule has 0 aromatic heterocycles. The van der Waals surface area contributed by atoms with Crippen LogP contribution in [0, 0.1) is 0 Å². The third-order valence-electron chi connectivity index (χ3n) is 5.79. The zero-order chi connectivity index (χ0) is 18.9. The molecule has 2 aromatic rings. The zero-order valence-electron chi connectivity index (χ0n) is 15.3. The quantitative estimate of drug-likeness (QED) is 0.856. The van der Waals surface area contributed by atoms with Crippen LogP contribution in [0.25, 0.3) is 11.1 Å². The second-order valence-electron chi connectivity index (χ2n) is 7.57. The number of hydrogen-bond donors (Lipinski definition) is 2. The number of carbonyl (C=O) groups is 1. The van der Waals surface area contributed by atoms with Gasteiger partial charge in [0.2, 0.25) is 0 Å².